The zero-order valence-corrected chi connectivity index (χ0v) is 54.7. The third-order valence-corrected chi connectivity index (χ3v) is 15.3. The third kappa shape index (κ3) is 68.7. The third-order valence-electron chi connectivity index (χ3n) is 15.3. The molecule has 0 aromatic rings. The van der Waals surface area contributed by atoms with Crippen LogP contribution in [-0.2, 0) is 28.6 Å². The van der Waals surface area contributed by atoms with Gasteiger partial charge in [-0.2, -0.15) is 0 Å². The lowest BCUT2D eigenvalue weighted by Crippen LogP contribution is -2.30. The first-order valence-corrected chi connectivity index (χ1v) is 35.4. The summed E-state index contributed by atoms with van der Waals surface area (Å²) in [6.07, 6.45) is 97.4. The number of rotatable bonds is 64. The smallest absolute Gasteiger partial charge is 0.306 e. The van der Waals surface area contributed by atoms with Gasteiger partial charge in [0, 0.05) is 19.3 Å². The van der Waals surface area contributed by atoms with Crippen molar-refractivity contribution in [1.82, 2.24) is 0 Å². The van der Waals surface area contributed by atoms with Crippen LogP contribution < -0.4 is 0 Å². The molecule has 0 aromatic carbocycles. The Morgan fingerprint density at radius 2 is 0.470 bits per heavy atom. The maximum Gasteiger partial charge on any atom is 0.306 e. The maximum atomic E-state index is 12.9. The molecule has 0 radical (unpaired) electrons. The van der Waals surface area contributed by atoms with E-state index < -0.39 is 6.10 Å². The molecule has 476 valence electrons. The van der Waals surface area contributed by atoms with Gasteiger partial charge in [-0.05, 0) is 109 Å². The second-order valence-electron chi connectivity index (χ2n) is 23.4. The van der Waals surface area contributed by atoms with Crippen molar-refractivity contribution in [3.63, 3.8) is 0 Å². The van der Waals surface area contributed by atoms with Crippen molar-refractivity contribution in [3.05, 3.63) is 109 Å². The summed E-state index contributed by atoms with van der Waals surface area (Å²) in [6.45, 7) is 6.47. The summed E-state index contributed by atoms with van der Waals surface area (Å²) in [7, 11) is 0. The van der Waals surface area contributed by atoms with Gasteiger partial charge in [0.05, 0.1) is 0 Å². The number of esters is 3. The standard InChI is InChI=1S/C77H132O6/c1-4-7-10-13-15-17-19-21-23-25-27-29-31-33-34-35-36-37-38-39-40-41-42-44-45-47-49-51-53-55-57-59-61-64-67-70-76(79)82-73-74(72-81-75(78)69-66-63-12-9-6-3)83-77(80)71-68-65-62-60-58-56-54-52-50-48-46-43-32-30-28-26-24-22-20-18-16-14-11-8-5-2/h7,10,15,17,21,23,26-29,33-34,36-37,39-40,42,44,74H,4-6,8-9,11-14,16,18-20,22,24-25,30-32,35,38,41,43,45-73H2,1-3H3/b10-7-,17-15-,23-21-,28-26-,29-27-,34-33-,37-36-,40-39-,44-42-. The van der Waals surface area contributed by atoms with Crippen LogP contribution >= 0.6 is 0 Å². The van der Waals surface area contributed by atoms with E-state index in [1.165, 1.54) is 186 Å². The van der Waals surface area contributed by atoms with Crippen molar-refractivity contribution in [2.75, 3.05) is 13.2 Å². The second-order valence-corrected chi connectivity index (χ2v) is 23.4. The van der Waals surface area contributed by atoms with E-state index in [1.54, 1.807) is 0 Å². The zero-order valence-electron chi connectivity index (χ0n) is 54.7. The van der Waals surface area contributed by atoms with Crippen LogP contribution in [0.4, 0.5) is 0 Å². The summed E-state index contributed by atoms with van der Waals surface area (Å²) in [5.41, 5.74) is 0. The van der Waals surface area contributed by atoms with Crippen LogP contribution in [0, 0.1) is 0 Å². The van der Waals surface area contributed by atoms with Gasteiger partial charge < -0.3 is 14.2 Å². The van der Waals surface area contributed by atoms with E-state index in [4.69, 9.17) is 14.2 Å². The fourth-order valence-corrected chi connectivity index (χ4v) is 9.99. The van der Waals surface area contributed by atoms with Gasteiger partial charge in [0.1, 0.15) is 13.2 Å². The van der Waals surface area contributed by atoms with Crippen LogP contribution in [0.3, 0.4) is 0 Å². The van der Waals surface area contributed by atoms with Gasteiger partial charge in [0.15, 0.2) is 6.10 Å². The highest BCUT2D eigenvalue weighted by molar-refractivity contribution is 5.71. The Balaban J connectivity index is 4.01. The van der Waals surface area contributed by atoms with E-state index in [-0.39, 0.29) is 31.1 Å². The van der Waals surface area contributed by atoms with Crippen LogP contribution in [0.15, 0.2) is 109 Å². The first-order valence-electron chi connectivity index (χ1n) is 35.4. The van der Waals surface area contributed by atoms with Gasteiger partial charge in [0.25, 0.3) is 0 Å². The quantitative estimate of drug-likeness (QED) is 0.0261. The van der Waals surface area contributed by atoms with E-state index in [2.05, 4.69) is 130 Å². The molecule has 0 aliphatic carbocycles. The molecular weight excluding hydrogens is 1020 g/mol. The molecule has 0 saturated heterocycles. The monoisotopic (exact) mass is 1150 g/mol. The van der Waals surface area contributed by atoms with Crippen LogP contribution in [0.2, 0.25) is 0 Å². The molecule has 0 amide bonds. The fraction of sp³-hybridized carbons (Fsp3) is 0.727. The molecule has 1 atom stereocenters. The van der Waals surface area contributed by atoms with E-state index in [9.17, 15) is 14.4 Å². The van der Waals surface area contributed by atoms with Gasteiger partial charge in [-0.25, -0.2) is 0 Å². The minimum atomic E-state index is -0.777. The summed E-state index contributed by atoms with van der Waals surface area (Å²) in [4.78, 5) is 38.0. The van der Waals surface area contributed by atoms with E-state index in [0.29, 0.717) is 19.3 Å². The van der Waals surface area contributed by atoms with Crippen molar-refractivity contribution < 1.29 is 28.6 Å². The number of hydrogen-bond donors (Lipinski definition) is 0. The second kappa shape index (κ2) is 70.6. The summed E-state index contributed by atoms with van der Waals surface area (Å²) in [5.74, 6) is -0.884. The highest BCUT2D eigenvalue weighted by Crippen LogP contribution is 2.17. The predicted octanol–water partition coefficient (Wildman–Crippen LogP) is 24.6. The number of ether oxygens (including phenoxy) is 3. The normalized spacial score (nSPS) is 12.8. The SMILES string of the molecule is CC/C=C\C/C=C\C/C=C\C/C=C\C/C=C\C/C=C\C/C=C\C/C=C\CCCCCCCCCCCCC(=O)OCC(COC(=O)CCCCCCC)OC(=O)CCCCCCCCCCCCCCC/C=C\CCCCCCCCCC. The highest BCUT2D eigenvalue weighted by Gasteiger charge is 2.19. The van der Waals surface area contributed by atoms with Gasteiger partial charge in [0.2, 0.25) is 0 Å². The van der Waals surface area contributed by atoms with Gasteiger partial charge in [-0.3, -0.25) is 14.4 Å². The highest BCUT2D eigenvalue weighted by atomic mass is 16.6. The van der Waals surface area contributed by atoms with Crippen LogP contribution in [0.1, 0.15) is 342 Å². The molecule has 0 aliphatic heterocycles. The molecule has 0 spiro atoms. The summed E-state index contributed by atoms with van der Waals surface area (Å²) >= 11 is 0. The van der Waals surface area contributed by atoms with Crippen molar-refractivity contribution >= 4 is 17.9 Å². The molecule has 1 unspecified atom stereocenters. The Labute approximate surface area is 514 Å². The average molecular weight is 1150 g/mol. The van der Waals surface area contributed by atoms with Crippen molar-refractivity contribution in [2.45, 2.75) is 348 Å². The Bertz CT molecular complexity index is 1660. The molecule has 0 aliphatic rings. The zero-order chi connectivity index (χ0) is 59.9. The van der Waals surface area contributed by atoms with Crippen molar-refractivity contribution in [1.29, 1.82) is 0 Å². The molecule has 6 nitrogen and oxygen atoms in total. The number of unbranched alkanes of at least 4 members (excludes halogenated alkanes) is 35. The predicted molar refractivity (Wildman–Crippen MR) is 362 cm³/mol. The lowest BCUT2D eigenvalue weighted by Gasteiger charge is -2.18. The molecule has 83 heavy (non-hydrogen) atoms. The maximum absolute atomic E-state index is 12.9. The molecule has 0 rings (SSSR count). The number of allylic oxidation sites excluding steroid dienone is 18. The topological polar surface area (TPSA) is 78.9 Å². The molecule has 0 saturated carbocycles. The number of carbonyl (C=O) groups is 3. The molecule has 0 heterocycles. The summed E-state index contributed by atoms with van der Waals surface area (Å²) < 4.78 is 16.8. The lowest BCUT2D eigenvalue weighted by molar-refractivity contribution is -0.167. The van der Waals surface area contributed by atoms with Gasteiger partial charge >= 0.3 is 17.9 Å². The Morgan fingerprint density at radius 1 is 0.253 bits per heavy atom. The fourth-order valence-electron chi connectivity index (χ4n) is 9.99. The van der Waals surface area contributed by atoms with Crippen LogP contribution in [0.5, 0.6) is 0 Å². The lowest BCUT2D eigenvalue weighted by atomic mass is 10.0. The molecule has 0 aromatic heterocycles. The molecule has 6 heteroatoms. The molecule has 0 N–H and O–H groups in total. The van der Waals surface area contributed by atoms with Gasteiger partial charge in [-0.1, -0.05) is 323 Å². The molecule has 0 fully saturated rings. The molecular formula is C77H132O6. The molecule has 0 bridgehead atoms. The van der Waals surface area contributed by atoms with Crippen molar-refractivity contribution in [3.8, 4) is 0 Å². The Kier molecular flexibility index (Phi) is 67.2. The van der Waals surface area contributed by atoms with Crippen LogP contribution in [-0.4, -0.2) is 37.2 Å². The number of carbonyl (C=O) groups excluding carboxylic acids is 3. The summed E-state index contributed by atoms with van der Waals surface area (Å²) in [5, 5.41) is 0. The first-order chi connectivity index (χ1) is 41.0. The van der Waals surface area contributed by atoms with E-state index in [0.717, 1.165) is 116 Å². The minimum absolute atomic E-state index is 0.0773. The minimum Gasteiger partial charge on any atom is -0.462 e. The average Bonchev–Trinajstić information content (AvgIpc) is 3.49. The Morgan fingerprint density at radius 3 is 0.747 bits per heavy atom. The van der Waals surface area contributed by atoms with Gasteiger partial charge in [-0.15, -0.1) is 0 Å². The van der Waals surface area contributed by atoms with Crippen LogP contribution in [0.25, 0.3) is 0 Å². The first kappa shape index (κ1) is 79.1. The Hall–Kier alpha value is -3.93. The summed E-state index contributed by atoms with van der Waals surface area (Å²) in [6, 6.07) is 0. The largest absolute Gasteiger partial charge is 0.462 e. The van der Waals surface area contributed by atoms with E-state index >= 15 is 0 Å². The number of hydrogen-bond acceptors (Lipinski definition) is 6. The van der Waals surface area contributed by atoms with Crippen molar-refractivity contribution in [2.24, 2.45) is 0 Å². The van der Waals surface area contributed by atoms with E-state index in [1.807, 2.05) is 0 Å².